The molecule has 1 saturated heterocycles. The highest BCUT2D eigenvalue weighted by Gasteiger charge is 2.19. The summed E-state index contributed by atoms with van der Waals surface area (Å²) in [6, 6.07) is 9.55. The van der Waals surface area contributed by atoms with Gasteiger partial charge in [-0.25, -0.2) is 4.79 Å². The van der Waals surface area contributed by atoms with Gasteiger partial charge in [-0.15, -0.1) is 0 Å². The topological polar surface area (TPSA) is 96.7 Å². The number of aromatic nitrogens is 1. The highest BCUT2D eigenvalue weighted by atomic mass is 35.5. The van der Waals surface area contributed by atoms with Gasteiger partial charge >= 0.3 is 6.09 Å². The summed E-state index contributed by atoms with van der Waals surface area (Å²) in [6.07, 6.45) is 3.38. The minimum atomic E-state index is -0.550. The molecule has 0 aliphatic carbocycles. The second-order valence-electron chi connectivity index (χ2n) is 7.69. The number of nitrogens with one attached hydrogen (secondary N) is 2. The summed E-state index contributed by atoms with van der Waals surface area (Å²) in [6.45, 7) is 3.30. The first kappa shape index (κ1) is 23.1. The van der Waals surface area contributed by atoms with E-state index in [1.807, 2.05) is 30.3 Å². The molecule has 1 aromatic carbocycles. The molecule has 2 heterocycles. The number of hydrogen-bond acceptors (Lipinski definition) is 6. The Hall–Kier alpha value is -2.58. The van der Waals surface area contributed by atoms with Gasteiger partial charge in [0.1, 0.15) is 11.5 Å². The van der Waals surface area contributed by atoms with Crippen LogP contribution in [0.1, 0.15) is 25.0 Å². The molecule has 0 atom stereocenters. The Morgan fingerprint density at radius 3 is 2.71 bits per heavy atom. The molecular weight excluding hydrogens is 420 g/mol. The lowest BCUT2D eigenvalue weighted by Gasteiger charge is -2.31. The molecule has 0 spiro atoms. The Bertz CT molecular complexity index is 847. The van der Waals surface area contributed by atoms with Crippen LogP contribution in [0.2, 0.25) is 5.02 Å². The molecule has 1 aliphatic heterocycles. The lowest BCUT2D eigenvalue weighted by molar-refractivity contribution is -0.123. The number of halogens is 1. The van der Waals surface area contributed by atoms with Crippen molar-refractivity contribution in [3.05, 3.63) is 41.1 Å². The third kappa shape index (κ3) is 7.56. The highest BCUT2D eigenvalue weighted by molar-refractivity contribution is 6.30. The fraction of sp³-hybridized carbons (Fsp3) is 0.500. The number of likely N-dealkylation sites (tertiary alicyclic amines) is 1. The van der Waals surface area contributed by atoms with Crippen LogP contribution in [-0.2, 0) is 16.0 Å². The molecule has 168 valence electrons. The molecule has 2 N–H and O–H groups in total. The van der Waals surface area contributed by atoms with E-state index < -0.39 is 6.09 Å². The van der Waals surface area contributed by atoms with Crippen molar-refractivity contribution in [2.24, 2.45) is 5.92 Å². The van der Waals surface area contributed by atoms with E-state index in [2.05, 4.69) is 20.7 Å². The fourth-order valence-corrected chi connectivity index (χ4v) is 3.71. The van der Waals surface area contributed by atoms with E-state index in [9.17, 15) is 9.59 Å². The number of nitrogens with zero attached hydrogens (tertiary/aromatic N) is 2. The maximum atomic E-state index is 11.5. The van der Waals surface area contributed by atoms with Crippen molar-refractivity contribution in [3.63, 3.8) is 0 Å². The van der Waals surface area contributed by atoms with Crippen molar-refractivity contribution in [1.82, 2.24) is 20.7 Å². The van der Waals surface area contributed by atoms with Gasteiger partial charge in [0.25, 0.3) is 5.91 Å². The number of hydrogen-bond donors (Lipinski definition) is 2. The number of carbonyl (C=O) groups is 2. The predicted octanol–water partition coefficient (Wildman–Crippen LogP) is 3.11. The Labute approximate surface area is 187 Å². The molecule has 2 amide bonds. The Morgan fingerprint density at radius 1 is 1.26 bits per heavy atom. The first-order valence-electron chi connectivity index (χ1n) is 10.6. The zero-order chi connectivity index (χ0) is 22.1. The van der Waals surface area contributed by atoms with E-state index in [1.165, 1.54) is 7.05 Å². The summed E-state index contributed by atoms with van der Waals surface area (Å²) in [5.41, 5.74) is 1.82. The molecule has 3 rings (SSSR count). The Kier molecular flexibility index (Phi) is 8.73. The van der Waals surface area contributed by atoms with E-state index in [1.54, 1.807) is 0 Å². The van der Waals surface area contributed by atoms with Crippen molar-refractivity contribution in [1.29, 1.82) is 0 Å². The summed E-state index contributed by atoms with van der Waals surface area (Å²) in [7, 11) is 1.50. The van der Waals surface area contributed by atoms with Crippen molar-refractivity contribution in [2.75, 3.05) is 39.8 Å². The monoisotopic (exact) mass is 448 g/mol. The van der Waals surface area contributed by atoms with E-state index in [4.69, 9.17) is 20.9 Å². The van der Waals surface area contributed by atoms with E-state index in [-0.39, 0.29) is 12.5 Å². The average molecular weight is 449 g/mol. The molecule has 1 fully saturated rings. The first-order chi connectivity index (χ1) is 15.0. The van der Waals surface area contributed by atoms with Gasteiger partial charge in [0, 0.05) is 43.2 Å². The summed E-state index contributed by atoms with van der Waals surface area (Å²) in [5.74, 6) is 1.14. The van der Waals surface area contributed by atoms with Gasteiger partial charge < -0.3 is 24.8 Å². The third-order valence-corrected chi connectivity index (χ3v) is 5.77. The number of ether oxygens (including phenoxy) is 1. The van der Waals surface area contributed by atoms with Crippen molar-refractivity contribution in [2.45, 2.75) is 25.7 Å². The van der Waals surface area contributed by atoms with Gasteiger partial charge in [-0.1, -0.05) is 28.9 Å². The molecule has 31 heavy (non-hydrogen) atoms. The molecule has 0 radical (unpaired) electrons. The number of rotatable bonds is 9. The Morgan fingerprint density at radius 2 is 2.00 bits per heavy atom. The SMILES string of the molecule is CNC(=O)COC(=O)NCCC1CCN(CCc2cc(-c3ccc(Cl)cc3)no2)CC1. The summed E-state index contributed by atoms with van der Waals surface area (Å²) in [4.78, 5) is 25.0. The summed E-state index contributed by atoms with van der Waals surface area (Å²) >= 11 is 5.93. The highest BCUT2D eigenvalue weighted by Crippen LogP contribution is 2.23. The van der Waals surface area contributed by atoms with Crippen molar-refractivity contribution < 1.29 is 18.8 Å². The van der Waals surface area contributed by atoms with Crippen LogP contribution in [0.15, 0.2) is 34.9 Å². The van der Waals surface area contributed by atoms with E-state index in [0.29, 0.717) is 17.5 Å². The van der Waals surface area contributed by atoms with Crippen molar-refractivity contribution >= 4 is 23.6 Å². The smallest absolute Gasteiger partial charge is 0.407 e. The van der Waals surface area contributed by atoms with Crippen molar-refractivity contribution in [3.8, 4) is 11.3 Å². The third-order valence-electron chi connectivity index (χ3n) is 5.52. The minimum Gasteiger partial charge on any atom is -0.439 e. The van der Waals surface area contributed by atoms with Gasteiger partial charge in [0.15, 0.2) is 6.61 Å². The van der Waals surface area contributed by atoms with Crippen LogP contribution in [0.25, 0.3) is 11.3 Å². The number of alkyl carbamates (subject to hydrolysis) is 1. The number of amides is 2. The van der Waals surface area contributed by atoms with E-state index in [0.717, 1.165) is 62.3 Å². The lowest BCUT2D eigenvalue weighted by Crippen LogP contribution is -2.36. The molecule has 1 aliphatic rings. The lowest BCUT2D eigenvalue weighted by atomic mass is 9.93. The van der Waals surface area contributed by atoms with Crippen LogP contribution >= 0.6 is 11.6 Å². The number of likely N-dealkylation sites (N-methyl/N-ethyl adjacent to an activating group) is 1. The predicted molar refractivity (Wildman–Crippen MR) is 118 cm³/mol. The van der Waals surface area contributed by atoms with Gasteiger partial charge in [0.2, 0.25) is 0 Å². The van der Waals surface area contributed by atoms with Gasteiger partial charge in [-0.3, -0.25) is 4.79 Å². The van der Waals surface area contributed by atoms with Crippen LogP contribution in [0, 0.1) is 5.92 Å². The van der Waals surface area contributed by atoms with Gasteiger partial charge in [-0.2, -0.15) is 0 Å². The maximum absolute atomic E-state index is 11.5. The fourth-order valence-electron chi connectivity index (χ4n) is 3.59. The molecule has 1 aromatic heterocycles. The molecular formula is C22H29ClN4O4. The molecule has 0 unspecified atom stereocenters. The zero-order valence-electron chi connectivity index (χ0n) is 17.7. The quantitative estimate of drug-likeness (QED) is 0.611. The van der Waals surface area contributed by atoms with Gasteiger partial charge in [-0.05, 0) is 50.4 Å². The Balaban J connectivity index is 1.30. The number of carbonyl (C=O) groups excluding carboxylic acids is 2. The average Bonchev–Trinajstić information content (AvgIpc) is 3.26. The van der Waals surface area contributed by atoms with Crippen LogP contribution < -0.4 is 10.6 Å². The first-order valence-corrected chi connectivity index (χ1v) is 11.0. The van der Waals surface area contributed by atoms with Gasteiger partial charge in [0.05, 0.1) is 0 Å². The molecule has 9 heteroatoms. The minimum absolute atomic E-state index is 0.257. The summed E-state index contributed by atoms with van der Waals surface area (Å²) < 4.78 is 10.3. The second-order valence-corrected chi connectivity index (χ2v) is 8.12. The molecule has 0 bridgehead atoms. The number of benzene rings is 1. The van der Waals surface area contributed by atoms with Crippen LogP contribution in [0.4, 0.5) is 4.79 Å². The molecule has 2 aromatic rings. The van der Waals surface area contributed by atoms with Crippen LogP contribution in [0.5, 0.6) is 0 Å². The maximum Gasteiger partial charge on any atom is 0.407 e. The second kappa shape index (κ2) is 11.7. The molecule has 8 nitrogen and oxygen atoms in total. The van der Waals surface area contributed by atoms with Crippen LogP contribution in [-0.4, -0.2) is 61.9 Å². The van der Waals surface area contributed by atoms with Crippen LogP contribution in [0.3, 0.4) is 0 Å². The summed E-state index contributed by atoms with van der Waals surface area (Å²) in [5, 5.41) is 9.97. The number of piperidine rings is 1. The molecule has 0 saturated carbocycles. The standard InChI is InChI=1S/C22H29ClN4O4/c1-24-21(28)15-30-22(29)25-10-6-16-7-11-27(12-8-16)13-9-19-14-20(26-31-19)17-2-4-18(23)5-3-17/h2-5,14,16H,6-13,15H2,1H3,(H,24,28)(H,25,29). The normalized spacial score (nSPS) is 14.9. The zero-order valence-corrected chi connectivity index (χ0v) is 18.5. The van der Waals surface area contributed by atoms with E-state index >= 15 is 0 Å². The largest absolute Gasteiger partial charge is 0.439 e.